The predicted octanol–water partition coefficient (Wildman–Crippen LogP) is 3.13. The number of rotatable bonds is 4. The lowest BCUT2D eigenvalue weighted by atomic mass is 10.2. The molecule has 1 unspecified atom stereocenters. The summed E-state index contributed by atoms with van der Waals surface area (Å²) in [6.45, 7) is 1.13. The standard InChI is InChI=1S/C18H18FNO3/c1-22-15-7-5-13(6-8-15)18(21)20-10-9-17(12-20)23-16-4-2-3-14(19)11-16/h2-8,11,17H,9-10,12H2,1H3. The fourth-order valence-electron chi connectivity index (χ4n) is 2.66. The van der Waals surface area contributed by atoms with Crippen molar-refractivity contribution in [3.8, 4) is 11.5 Å². The Bertz CT molecular complexity index is 687. The van der Waals surface area contributed by atoms with Gasteiger partial charge in [-0.15, -0.1) is 0 Å². The smallest absolute Gasteiger partial charge is 0.253 e. The van der Waals surface area contributed by atoms with Gasteiger partial charge in [-0.1, -0.05) is 6.07 Å². The van der Waals surface area contributed by atoms with Crippen LogP contribution < -0.4 is 9.47 Å². The largest absolute Gasteiger partial charge is 0.497 e. The second-order valence-electron chi connectivity index (χ2n) is 5.47. The molecule has 1 aliphatic rings. The van der Waals surface area contributed by atoms with Gasteiger partial charge in [0.05, 0.1) is 13.7 Å². The van der Waals surface area contributed by atoms with E-state index in [9.17, 15) is 9.18 Å². The van der Waals surface area contributed by atoms with Crippen LogP contribution in [-0.2, 0) is 0 Å². The third-order valence-electron chi connectivity index (χ3n) is 3.87. The minimum Gasteiger partial charge on any atom is -0.497 e. The quantitative estimate of drug-likeness (QED) is 0.870. The van der Waals surface area contributed by atoms with Gasteiger partial charge in [0.2, 0.25) is 0 Å². The van der Waals surface area contributed by atoms with Crippen LogP contribution in [0, 0.1) is 5.82 Å². The molecule has 0 bridgehead atoms. The molecule has 1 atom stereocenters. The summed E-state index contributed by atoms with van der Waals surface area (Å²) in [5.74, 6) is 0.855. The zero-order valence-electron chi connectivity index (χ0n) is 12.9. The van der Waals surface area contributed by atoms with Crippen molar-refractivity contribution >= 4 is 5.91 Å². The van der Waals surface area contributed by atoms with Crippen LogP contribution in [0.4, 0.5) is 4.39 Å². The van der Waals surface area contributed by atoms with Crippen molar-refractivity contribution in [2.24, 2.45) is 0 Å². The van der Waals surface area contributed by atoms with Gasteiger partial charge in [0.1, 0.15) is 23.4 Å². The summed E-state index contributed by atoms with van der Waals surface area (Å²) in [6, 6.07) is 13.1. The molecule has 120 valence electrons. The fourth-order valence-corrected chi connectivity index (χ4v) is 2.66. The Morgan fingerprint density at radius 2 is 1.96 bits per heavy atom. The molecule has 5 heteroatoms. The fraction of sp³-hybridized carbons (Fsp3) is 0.278. The van der Waals surface area contributed by atoms with Crippen molar-refractivity contribution in [3.05, 3.63) is 59.9 Å². The van der Waals surface area contributed by atoms with Crippen LogP contribution in [0.5, 0.6) is 11.5 Å². The minimum atomic E-state index is -0.327. The topological polar surface area (TPSA) is 38.8 Å². The van der Waals surface area contributed by atoms with Crippen molar-refractivity contribution in [2.45, 2.75) is 12.5 Å². The Balaban J connectivity index is 1.61. The normalized spacial score (nSPS) is 17.1. The van der Waals surface area contributed by atoms with Crippen LogP contribution in [0.25, 0.3) is 0 Å². The second-order valence-corrected chi connectivity index (χ2v) is 5.47. The summed E-state index contributed by atoms with van der Waals surface area (Å²) in [5.41, 5.74) is 0.622. The van der Waals surface area contributed by atoms with E-state index < -0.39 is 0 Å². The summed E-state index contributed by atoms with van der Waals surface area (Å²) in [5, 5.41) is 0. The lowest BCUT2D eigenvalue weighted by Gasteiger charge is -2.17. The van der Waals surface area contributed by atoms with E-state index in [-0.39, 0.29) is 17.8 Å². The highest BCUT2D eigenvalue weighted by atomic mass is 19.1. The van der Waals surface area contributed by atoms with E-state index in [1.807, 2.05) is 0 Å². The number of hydrogen-bond acceptors (Lipinski definition) is 3. The van der Waals surface area contributed by atoms with Gasteiger partial charge in [-0.3, -0.25) is 4.79 Å². The molecule has 1 heterocycles. The summed E-state index contributed by atoms with van der Waals surface area (Å²) < 4.78 is 24.0. The zero-order chi connectivity index (χ0) is 16.2. The van der Waals surface area contributed by atoms with Gasteiger partial charge in [0, 0.05) is 24.6 Å². The Labute approximate surface area is 134 Å². The molecule has 3 rings (SSSR count). The maximum Gasteiger partial charge on any atom is 0.253 e. The number of hydrogen-bond donors (Lipinski definition) is 0. The maximum absolute atomic E-state index is 13.2. The molecule has 2 aromatic rings. The van der Waals surface area contributed by atoms with Crippen LogP contribution in [0.3, 0.4) is 0 Å². The number of methoxy groups -OCH3 is 1. The molecule has 0 saturated carbocycles. The zero-order valence-corrected chi connectivity index (χ0v) is 12.9. The van der Waals surface area contributed by atoms with Gasteiger partial charge in [-0.05, 0) is 36.4 Å². The highest BCUT2D eigenvalue weighted by Gasteiger charge is 2.28. The van der Waals surface area contributed by atoms with E-state index >= 15 is 0 Å². The van der Waals surface area contributed by atoms with E-state index in [4.69, 9.17) is 9.47 Å². The van der Waals surface area contributed by atoms with Gasteiger partial charge in [0.25, 0.3) is 5.91 Å². The Morgan fingerprint density at radius 1 is 1.17 bits per heavy atom. The number of halogens is 1. The van der Waals surface area contributed by atoms with Crippen molar-refractivity contribution in [1.82, 2.24) is 4.90 Å². The third kappa shape index (κ3) is 3.62. The first-order chi connectivity index (χ1) is 11.2. The number of likely N-dealkylation sites (tertiary alicyclic amines) is 1. The number of nitrogens with zero attached hydrogens (tertiary/aromatic N) is 1. The molecule has 0 aliphatic carbocycles. The first-order valence-electron chi connectivity index (χ1n) is 7.51. The number of ether oxygens (including phenoxy) is 2. The Hall–Kier alpha value is -2.56. The lowest BCUT2D eigenvalue weighted by Crippen LogP contribution is -2.30. The van der Waals surface area contributed by atoms with Crippen molar-refractivity contribution in [2.75, 3.05) is 20.2 Å². The van der Waals surface area contributed by atoms with Gasteiger partial charge >= 0.3 is 0 Å². The van der Waals surface area contributed by atoms with E-state index in [1.165, 1.54) is 12.1 Å². The minimum absolute atomic E-state index is 0.0296. The van der Waals surface area contributed by atoms with Gasteiger partial charge in [-0.2, -0.15) is 0 Å². The summed E-state index contributed by atoms with van der Waals surface area (Å²) >= 11 is 0. The molecule has 0 N–H and O–H groups in total. The van der Waals surface area contributed by atoms with Crippen molar-refractivity contribution < 1.29 is 18.7 Å². The van der Waals surface area contributed by atoms with Crippen molar-refractivity contribution in [1.29, 1.82) is 0 Å². The summed E-state index contributed by atoms with van der Waals surface area (Å²) in [4.78, 5) is 14.2. The Kier molecular flexibility index (Phi) is 4.46. The van der Waals surface area contributed by atoms with Crippen molar-refractivity contribution in [3.63, 3.8) is 0 Å². The molecule has 1 amide bonds. The van der Waals surface area contributed by atoms with E-state index in [0.29, 0.717) is 24.4 Å². The predicted molar refractivity (Wildman–Crippen MR) is 84.3 cm³/mol. The average Bonchev–Trinajstić information content (AvgIpc) is 3.03. The highest BCUT2D eigenvalue weighted by molar-refractivity contribution is 5.94. The molecule has 1 fully saturated rings. The maximum atomic E-state index is 13.2. The second kappa shape index (κ2) is 6.69. The Morgan fingerprint density at radius 3 is 2.65 bits per heavy atom. The number of carbonyl (C=O) groups is 1. The summed E-state index contributed by atoms with van der Waals surface area (Å²) in [6.07, 6.45) is 0.622. The molecular weight excluding hydrogens is 297 g/mol. The van der Waals surface area contributed by atoms with Crippen LogP contribution in [-0.4, -0.2) is 37.1 Å². The molecule has 1 aliphatic heterocycles. The average molecular weight is 315 g/mol. The number of amides is 1. The molecule has 2 aromatic carbocycles. The van der Waals surface area contributed by atoms with Crippen LogP contribution >= 0.6 is 0 Å². The van der Waals surface area contributed by atoms with E-state index in [2.05, 4.69) is 0 Å². The first-order valence-corrected chi connectivity index (χ1v) is 7.51. The molecule has 23 heavy (non-hydrogen) atoms. The SMILES string of the molecule is COc1ccc(C(=O)N2CCC(Oc3cccc(F)c3)C2)cc1. The molecule has 0 aromatic heterocycles. The van der Waals surface area contributed by atoms with Gasteiger partial charge in [0.15, 0.2) is 0 Å². The van der Waals surface area contributed by atoms with Gasteiger partial charge in [-0.25, -0.2) is 4.39 Å². The third-order valence-corrected chi connectivity index (χ3v) is 3.87. The van der Waals surface area contributed by atoms with Crippen LogP contribution in [0.2, 0.25) is 0 Å². The molecule has 0 spiro atoms. The van der Waals surface area contributed by atoms with Crippen LogP contribution in [0.15, 0.2) is 48.5 Å². The monoisotopic (exact) mass is 315 g/mol. The number of benzene rings is 2. The highest BCUT2D eigenvalue weighted by Crippen LogP contribution is 2.21. The van der Waals surface area contributed by atoms with Crippen LogP contribution in [0.1, 0.15) is 16.8 Å². The lowest BCUT2D eigenvalue weighted by molar-refractivity contribution is 0.0772. The van der Waals surface area contributed by atoms with Gasteiger partial charge < -0.3 is 14.4 Å². The van der Waals surface area contributed by atoms with E-state index in [0.717, 1.165) is 12.2 Å². The summed E-state index contributed by atoms with van der Waals surface area (Å²) in [7, 11) is 1.59. The molecule has 1 saturated heterocycles. The first kappa shape index (κ1) is 15.3. The number of carbonyl (C=O) groups excluding carboxylic acids is 1. The molecular formula is C18H18FNO3. The molecule has 0 radical (unpaired) electrons. The molecule has 4 nitrogen and oxygen atoms in total. The van der Waals surface area contributed by atoms with E-state index in [1.54, 1.807) is 48.4 Å².